The SMILES string of the molecule is COC(=O)c1ccc(C(=O)OC)c(NC=C(C#N)c2nc(-c3ccc(CC(C)C)cc3)cs2)c1. The molecule has 0 aliphatic rings. The van der Waals surface area contributed by atoms with Gasteiger partial charge in [0.25, 0.3) is 0 Å². The second-order valence-electron chi connectivity index (χ2n) is 7.89. The smallest absolute Gasteiger partial charge is 0.339 e. The molecule has 0 aliphatic carbocycles. The van der Waals surface area contributed by atoms with E-state index in [1.54, 1.807) is 0 Å². The second-order valence-corrected chi connectivity index (χ2v) is 8.75. The number of hydrogen-bond donors (Lipinski definition) is 1. The molecule has 3 rings (SSSR count). The fourth-order valence-corrected chi connectivity index (χ4v) is 4.10. The minimum Gasteiger partial charge on any atom is -0.465 e. The Hall–Kier alpha value is -3.96. The lowest BCUT2D eigenvalue weighted by Crippen LogP contribution is -2.08. The van der Waals surface area contributed by atoms with Crippen LogP contribution in [-0.4, -0.2) is 31.1 Å². The zero-order valence-corrected chi connectivity index (χ0v) is 20.2. The van der Waals surface area contributed by atoms with E-state index >= 15 is 0 Å². The molecule has 0 saturated heterocycles. The van der Waals surface area contributed by atoms with Crippen LogP contribution in [0.25, 0.3) is 16.8 Å². The molecule has 7 nitrogen and oxygen atoms in total. The van der Waals surface area contributed by atoms with E-state index in [1.807, 2.05) is 17.5 Å². The highest BCUT2D eigenvalue weighted by atomic mass is 32.1. The maximum Gasteiger partial charge on any atom is 0.339 e. The summed E-state index contributed by atoms with van der Waals surface area (Å²) in [7, 11) is 2.54. The molecule has 0 unspecified atom stereocenters. The third kappa shape index (κ3) is 5.88. The van der Waals surface area contributed by atoms with Crippen molar-refractivity contribution < 1.29 is 19.1 Å². The van der Waals surface area contributed by atoms with Gasteiger partial charge in [-0.3, -0.25) is 0 Å². The number of nitriles is 1. The monoisotopic (exact) mass is 475 g/mol. The predicted molar refractivity (Wildman–Crippen MR) is 132 cm³/mol. The van der Waals surface area contributed by atoms with Crippen LogP contribution in [0.4, 0.5) is 5.69 Å². The standard InChI is InChI=1S/C26H25N3O4S/c1-16(2)11-17-5-7-18(8-6-17)23-15-34-24(29-23)20(13-27)14-28-22-12-19(25(30)32-3)9-10-21(22)26(31)33-4/h5-10,12,14-16,28H,11H2,1-4H3. The molecular formula is C26H25N3O4S. The molecule has 0 bridgehead atoms. The summed E-state index contributed by atoms with van der Waals surface area (Å²) in [4.78, 5) is 28.6. The fourth-order valence-electron chi connectivity index (χ4n) is 3.30. The number of methoxy groups -OCH3 is 2. The molecule has 1 heterocycles. The van der Waals surface area contributed by atoms with Crippen molar-refractivity contribution in [3.63, 3.8) is 0 Å². The van der Waals surface area contributed by atoms with Crippen LogP contribution in [0.2, 0.25) is 0 Å². The zero-order valence-electron chi connectivity index (χ0n) is 19.4. The Kier molecular flexibility index (Phi) is 8.17. The van der Waals surface area contributed by atoms with Gasteiger partial charge in [-0.15, -0.1) is 11.3 Å². The lowest BCUT2D eigenvalue weighted by Gasteiger charge is -2.10. The number of benzene rings is 2. The molecule has 8 heteroatoms. The normalized spacial score (nSPS) is 11.1. The second kappa shape index (κ2) is 11.3. The van der Waals surface area contributed by atoms with Gasteiger partial charge in [0, 0.05) is 17.1 Å². The average Bonchev–Trinajstić information content (AvgIpc) is 3.33. The maximum absolute atomic E-state index is 12.1. The van der Waals surface area contributed by atoms with Gasteiger partial charge in [-0.05, 0) is 36.1 Å². The molecule has 0 atom stereocenters. The molecule has 0 amide bonds. The number of esters is 2. The summed E-state index contributed by atoms with van der Waals surface area (Å²) in [5.41, 5.74) is 4.07. The van der Waals surface area contributed by atoms with Gasteiger partial charge in [0.2, 0.25) is 0 Å². The van der Waals surface area contributed by atoms with Crippen molar-refractivity contribution in [1.29, 1.82) is 5.26 Å². The van der Waals surface area contributed by atoms with E-state index in [9.17, 15) is 14.9 Å². The Bertz CT molecular complexity index is 1250. The van der Waals surface area contributed by atoms with Crippen molar-refractivity contribution in [2.24, 2.45) is 5.92 Å². The lowest BCUT2D eigenvalue weighted by molar-refractivity contribution is 0.0587. The number of ether oxygens (including phenoxy) is 2. The highest BCUT2D eigenvalue weighted by molar-refractivity contribution is 7.11. The Labute approximate surface area is 202 Å². The Morgan fingerprint density at radius 2 is 1.82 bits per heavy atom. The van der Waals surface area contributed by atoms with Gasteiger partial charge in [0.05, 0.1) is 36.7 Å². The van der Waals surface area contributed by atoms with Gasteiger partial charge in [0.1, 0.15) is 16.6 Å². The molecule has 1 N–H and O–H groups in total. The van der Waals surface area contributed by atoms with E-state index < -0.39 is 11.9 Å². The van der Waals surface area contributed by atoms with Gasteiger partial charge in [-0.2, -0.15) is 5.26 Å². The number of anilines is 1. The number of rotatable bonds is 8. The molecule has 0 saturated carbocycles. The van der Waals surface area contributed by atoms with E-state index in [1.165, 1.54) is 55.5 Å². The first kappa shape index (κ1) is 24.7. The first-order chi connectivity index (χ1) is 16.4. The van der Waals surface area contributed by atoms with Crippen LogP contribution < -0.4 is 5.32 Å². The van der Waals surface area contributed by atoms with Crippen LogP contribution in [0.5, 0.6) is 0 Å². The van der Waals surface area contributed by atoms with E-state index in [0.29, 0.717) is 16.6 Å². The summed E-state index contributed by atoms with van der Waals surface area (Å²) in [6.45, 7) is 4.37. The Morgan fingerprint density at radius 3 is 2.44 bits per heavy atom. The summed E-state index contributed by atoms with van der Waals surface area (Å²) < 4.78 is 9.56. The summed E-state index contributed by atoms with van der Waals surface area (Å²) in [6.07, 6.45) is 2.47. The number of allylic oxidation sites excluding steroid dienone is 1. The largest absolute Gasteiger partial charge is 0.465 e. The van der Waals surface area contributed by atoms with E-state index in [4.69, 9.17) is 9.47 Å². The number of carbonyl (C=O) groups excluding carboxylic acids is 2. The Morgan fingerprint density at radius 1 is 1.12 bits per heavy atom. The first-order valence-electron chi connectivity index (χ1n) is 10.6. The number of nitrogens with one attached hydrogen (secondary N) is 1. The van der Waals surface area contributed by atoms with Crippen molar-refractivity contribution in [3.8, 4) is 17.3 Å². The predicted octanol–water partition coefficient (Wildman–Crippen LogP) is 5.56. The quantitative estimate of drug-likeness (QED) is 0.336. The van der Waals surface area contributed by atoms with Gasteiger partial charge in [-0.25, -0.2) is 14.6 Å². The average molecular weight is 476 g/mol. The molecule has 3 aromatic rings. The summed E-state index contributed by atoms with van der Waals surface area (Å²) in [5, 5.41) is 15.1. The van der Waals surface area contributed by atoms with Crippen molar-refractivity contribution >= 4 is 34.5 Å². The van der Waals surface area contributed by atoms with Crippen molar-refractivity contribution in [1.82, 2.24) is 4.98 Å². The van der Waals surface area contributed by atoms with E-state index in [0.717, 1.165) is 17.7 Å². The number of thiazole rings is 1. The van der Waals surface area contributed by atoms with Gasteiger partial charge < -0.3 is 14.8 Å². The zero-order chi connectivity index (χ0) is 24.7. The van der Waals surface area contributed by atoms with Crippen LogP contribution in [-0.2, 0) is 15.9 Å². The molecule has 1 aromatic heterocycles. The molecule has 0 radical (unpaired) electrons. The third-order valence-electron chi connectivity index (χ3n) is 4.97. The van der Waals surface area contributed by atoms with Crippen LogP contribution >= 0.6 is 11.3 Å². The number of hydrogen-bond acceptors (Lipinski definition) is 8. The fraction of sp³-hybridized carbons (Fsp3) is 0.231. The van der Waals surface area contributed by atoms with Gasteiger partial charge >= 0.3 is 11.9 Å². The highest BCUT2D eigenvalue weighted by Gasteiger charge is 2.16. The van der Waals surface area contributed by atoms with Crippen LogP contribution in [0.1, 0.15) is 45.1 Å². The molecule has 34 heavy (non-hydrogen) atoms. The summed E-state index contributed by atoms with van der Waals surface area (Å²) in [5.74, 6) is -0.545. The summed E-state index contributed by atoms with van der Waals surface area (Å²) in [6, 6.07) is 14.8. The number of aromatic nitrogens is 1. The molecule has 0 fully saturated rings. The molecular weight excluding hydrogens is 450 g/mol. The lowest BCUT2D eigenvalue weighted by atomic mass is 10.0. The van der Waals surface area contributed by atoms with Crippen molar-refractivity contribution in [3.05, 3.63) is 75.7 Å². The van der Waals surface area contributed by atoms with Crippen LogP contribution in [0.15, 0.2) is 54.0 Å². The number of carbonyl (C=O) groups is 2. The first-order valence-corrected chi connectivity index (χ1v) is 11.5. The van der Waals surface area contributed by atoms with Gasteiger partial charge in [0.15, 0.2) is 0 Å². The molecule has 2 aromatic carbocycles. The van der Waals surface area contributed by atoms with Crippen LogP contribution in [0, 0.1) is 17.2 Å². The molecule has 174 valence electrons. The van der Waals surface area contributed by atoms with Gasteiger partial charge in [-0.1, -0.05) is 38.1 Å². The third-order valence-corrected chi connectivity index (χ3v) is 5.84. The Balaban J connectivity index is 1.87. The molecule has 0 spiro atoms. The summed E-state index contributed by atoms with van der Waals surface area (Å²) >= 11 is 1.35. The topological polar surface area (TPSA) is 101 Å². The minimum atomic E-state index is -0.580. The highest BCUT2D eigenvalue weighted by Crippen LogP contribution is 2.27. The number of nitrogens with zero attached hydrogens (tertiary/aromatic N) is 2. The molecule has 0 aliphatic heterocycles. The van der Waals surface area contributed by atoms with Crippen molar-refractivity contribution in [2.75, 3.05) is 19.5 Å². The maximum atomic E-state index is 12.1. The van der Waals surface area contributed by atoms with E-state index in [2.05, 4.69) is 42.4 Å². The van der Waals surface area contributed by atoms with E-state index in [-0.39, 0.29) is 16.7 Å². The van der Waals surface area contributed by atoms with Crippen molar-refractivity contribution in [2.45, 2.75) is 20.3 Å². The van der Waals surface area contributed by atoms with Crippen LogP contribution in [0.3, 0.4) is 0 Å². The minimum absolute atomic E-state index is 0.213.